The number of fused-ring (bicyclic) bond motifs is 1. The topological polar surface area (TPSA) is 66.3 Å². The highest BCUT2D eigenvalue weighted by Crippen LogP contribution is 2.44. The molecule has 0 radical (unpaired) electrons. The fourth-order valence-corrected chi connectivity index (χ4v) is 3.60. The molecule has 1 saturated heterocycles. The van der Waals surface area contributed by atoms with Gasteiger partial charge >= 0.3 is 0 Å². The third kappa shape index (κ3) is 4.52. The normalized spacial score (nSPS) is 18.6. The third-order valence-corrected chi connectivity index (χ3v) is 5.16. The lowest BCUT2D eigenvalue weighted by Crippen LogP contribution is -2.44. The zero-order valence-electron chi connectivity index (χ0n) is 15.7. The molecule has 1 N–H and O–H groups in total. The smallest absolute Gasteiger partial charge is 0.140 e. The summed E-state index contributed by atoms with van der Waals surface area (Å²) < 4.78 is 1.01. The van der Waals surface area contributed by atoms with Crippen LogP contribution in [0.25, 0.3) is 10.9 Å². The Morgan fingerprint density at radius 1 is 1.30 bits per heavy atom. The summed E-state index contributed by atoms with van der Waals surface area (Å²) in [6.45, 7) is 5.92. The SMILES string of the molecule is C/C(Br)=C\N=CCCc1nc(N2CCNCC2)c2c(C3CC3)cncc2n1. The molecule has 7 heteroatoms. The molecule has 0 aromatic carbocycles. The number of piperazine rings is 1. The summed E-state index contributed by atoms with van der Waals surface area (Å²) in [5.41, 5.74) is 2.30. The van der Waals surface area contributed by atoms with Crippen molar-refractivity contribution in [2.45, 2.75) is 38.5 Å². The predicted molar refractivity (Wildman–Crippen MR) is 114 cm³/mol. The monoisotopic (exact) mass is 428 g/mol. The minimum Gasteiger partial charge on any atom is -0.353 e. The van der Waals surface area contributed by atoms with Crippen LogP contribution in [0, 0.1) is 0 Å². The summed E-state index contributed by atoms with van der Waals surface area (Å²) in [7, 11) is 0. The van der Waals surface area contributed by atoms with Gasteiger partial charge in [0.25, 0.3) is 0 Å². The van der Waals surface area contributed by atoms with Gasteiger partial charge in [-0.1, -0.05) is 15.9 Å². The number of rotatable bonds is 6. The lowest BCUT2D eigenvalue weighted by atomic mass is 10.1. The molecule has 1 aliphatic carbocycles. The number of nitrogens with zero attached hydrogens (tertiary/aromatic N) is 5. The van der Waals surface area contributed by atoms with E-state index in [1.165, 1.54) is 23.8 Å². The average Bonchev–Trinajstić information content (AvgIpc) is 3.52. The van der Waals surface area contributed by atoms with E-state index in [9.17, 15) is 0 Å². The molecule has 1 saturated carbocycles. The Kier molecular flexibility index (Phi) is 5.78. The quantitative estimate of drug-likeness (QED) is 0.712. The molecular formula is C20H25BrN6. The number of pyridine rings is 1. The summed E-state index contributed by atoms with van der Waals surface area (Å²) in [6, 6.07) is 0. The first-order chi connectivity index (χ1) is 13.2. The van der Waals surface area contributed by atoms with Gasteiger partial charge in [-0.2, -0.15) is 0 Å². The fourth-order valence-electron chi connectivity index (χ4n) is 3.48. The minimum atomic E-state index is 0.628. The minimum absolute atomic E-state index is 0.628. The summed E-state index contributed by atoms with van der Waals surface area (Å²) in [4.78, 5) is 21.0. The highest BCUT2D eigenvalue weighted by molar-refractivity contribution is 9.11. The lowest BCUT2D eigenvalue weighted by molar-refractivity contribution is 0.585. The first-order valence-corrected chi connectivity index (χ1v) is 10.5. The molecule has 2 aromatic heterocycles. The first-order valence-electron chi connectivity index (χ1n) is 9.66. The van der Waals surface area contributed by atoms with Crippen LogP contribution in [-0.4, -0.2) is 47.3 Å². The number of halogens is 1. The largest absolute Gasteiger partial charge is 0.353 e. The molecule has 0 amide bonds. The van der Waals surface area contributed by atoms with Crippen molar-refractivity contribution in [3.8, 4) is 0 Å². The van der Waals surface area contributed by atoms with Crippen LogP contribution in [0.4, 0.5) is 5.82 Å². The summed E-state index contributed by atoms with van der Waals surface area (Å²) >= 11 is 3.38. The number of hydrogen-bond acceptors (Lipinski definition) is 6. The highest BCUT2D eigenvalue weighted by Gasteiger charge is 2.29. The van der Waals surface area contributed by atoms with E-state index in [1.807, 2.05) is 25.5 Å². The number of aromatic nitrogens is 3. The zero-order valence-corrected chi connectivity index (χ0v) is 17.2. The van der Waals surface area contributed by atoms with E-state index >= 15 is 0 Å². The van der Waals surface area contributed by atoms with Crippen LogP contribution in [0.15, 0.2) is 28.1 Å². The van der Waals surface area contributed by atoms with Crippen molar-refractivity contribution < 1.29 is 0 Å². The molecule has 2 fully saturated rings. The van der Waals surface area contributed by atoms with E-state index in [-0.39, 0.29) is 0 Å². The Morgan fingerprint density at radius 3 is 2.85 bits per heavy atom. The van der Waals surface area contributed by atoms with Gasteiger partial charge in [0.05, 0.1) is 11.7 Å². The van der Waals surface area contributed by atoms with Crippen molar-refractivity contribution in [1.29, 1.82) is 0 Å². The van der Waals surface area contributed by atoms with Gasteiger partial charge in [-0.3, -0.25) is 9.98 Å². The number of hydrogen-bond donors (Lipinski definition) is 1. The van der Waals surface area contributed by atoms with E-state index in [4.69, 9.17) is 9.97 Å². The highest BCUT2D eigenvalue weighted by atomic mass is 79.9. The van der Waals surface area contributed by atoms with E-state index in [0.29, 0.717) is 5.92 Å². The molecule has 27 heavy (non-hydrogen) atoms. The van der Waals surface area contributed by atoms with Gasteiger partial charge in [-0.15, -0.1) is 0 Å². The predicted octanol–water partition coefficient (Wildman–Crippen LogP) is 3.57. The van der Waals surface area contributed by atoms with Crippen molar-refractivity contribution in [3.63, 3.8) is 0 Å². The van der Waals surface area contributed by atoms with Crippen molar-refractivity contribution in [1.82, 2.24) is 20.3 Å². The number of aryl methyl sites for hydroxylation is 1. The van der Waals surface area contributed by atoms with Gasteiger partial charge in [0.15, 0.2) is 0 Å². The van der Waals surface area contributed by atoms with Crippen LogP contribution in [0.3, 0.4) is 0 Å². The van der Waals surface area contributed by atoms with E-state index in [2.05, 4.69) is 36.1 Å². The van der Waals surface area contributed by atoms with Crippen LogP contribution in [-0.2, 0) is 6.42 Å². The van der Waals surface area contributed by atoms with Crippen LogP contribution in [0.2, 0.25) is 0 Å². The molecule has 1 aliphatic heterocycles. The Balaban J connectivity index is 1.67. The Morgan fingerprint density at radius 2 is 2.11 bits per heavy atom. The van der Waals surface area contributed by atoms with Gasteiger partial charge in [0.1, 0.15) is 11.6 Å². The second kappa shape index (κ2) is 8.44. The second-order valence-electron chi connectivity index (χ2n) is 7.18. The van der Waals surface area contributed by atoms with Crippen molar-refractivity contribution in [2.75, 3.05) is 31.1 Å². The third-order valence-electron chi connectivity index (χ3n) is 4.95. The summed E-state index contributed by atoms with van der Waals surface area (Å²) in [5.74, 6) is 2.59. The summed E-state index contributed by atoms with van der Waals surface area (Å²) in [6.07, 6.45) is 11.7. The van der Waals surface area contributed by atoms with Crippen LogP contribution in [0.5, 0.6) is 0 Å². The van der Waals surface area contributed by atoms with Crippen LogP contribution >= 0.6 is 15.9 Å². The molecule has 0 bridgehead atoms. The molecule has 2 aromatic rings. The standard InChI is InChI=1S/C20H25BrN6/c1-14(21)11-23-6-2-3-18-25-17-13-24-12-16(15-4-5-15)19(17)20(26-18)27-9-7-22-8-10-27/h6,11-13,15,22H,2-5,7-10H2,1H3/b14-11+,23-6?. The van der Waals surface area contributed by atoms with Crippen LogP contribution < -0.4 is 10.2 Å². The van der Waals surface area contributed by atoms with Gasteiger partial charge in [0, 0.05) is 61.1 Å². The van der Waals surface area contributed by atoms with Gasteiger partial charge < -0.3 is 10.2 Å². The van der Waals surface area contributed by atoms with Crippen molar-refractivity contribution in [2.24, 2.45) is 4.99 Å². The molecule has 4 rings (SSSR count). The van der Waals surface area contributed by atoms with Crippen LogP contribution in [0.1, 0.15) is 43.5 Å². The summed E-state index contributed by atoms with van der Waals surface area (Å²) in [5, 5.41) is 4.64. The number of anilines is 1. The Bertz CT molecular complexity index is 864. The molecule has 0 spiro atoms. The molecule has 2 aliphatic rings. The zero-order chi connectivity index (χ0) is 18.6. The number of allylic oxidation sites excluding steroid dienone is 1. The number of nitrogens with one attached hydrogen (secondary N) is 1. The average molecular weight is 429 g/mol. The lowest BCUT2D eigenvalue weighted by Gasteiger charge is -2.30. The fraction of sp³-hybridized carbons (Fsp3) is 0.500. The van der Waals surface area contributed by atoms with Gasteiger partial charge in [-0.05, 0) is 37.7 Å². The van der Waals surface area contributed by atoms with Gasteiger partial charge in [0.2, 0.25) is 0 Å². The molecule has 3 heterocycles. The van der Waals surface area contributed by atoms with E-state index in [0.717, 1.165) is 60.7 Å². The van der Waals surface area contributed by atoms with E-state index < -0.39 is 0 Å². The second-order valence-corrected chi connectivity index (χ2v) is 8.43. The number of aliphatic imine (C=N–C) groups is 1. The van der Waals surface area contributed by atoms with Crippen molar-refractivity contribution in [3.05, 3.63) is 34.5 Å². The first kappa shape index (κ1) is 18.5. The Labute approximate surface area is 168 Å². The molecule has 6 nitrogen and oxygen atoms in total. The van der Waals surface area contributed by atoms with E-state index in [1.54, 1.807) is 6.20 Å². The molecular weight excluding hydrogens is 404 g/mol. The molecule has 0 unspecified atom stereocenters. The molecule has 142 valence electrons. The van der Waals surface area contributed by atoms with Gasteiger partial charge in [-0.25, -0.2) is 9.97 Å². The maximum absolute atomic E-state index is 5.00. The maximum Gasteiger partial charge on any atom is 0.140 e. The maximum atomic E-state index is 5.00. The Hall–Kier alpha value is -1.86. The van der Waals surface area contributed by atoms with Crippen molar-refractivity contribution >= 4 is 38.9 Å². The molecule has 0 atom stereocenters.